The molecule has 0 unspecified atom stereocenters. The molecule has 0 bridgehead atoms. The largest absolute Gasteiger partial charge is 0.496 e. The van der Waals surface area contributed by atoms with Crippen molar-refractivity contribution < 1.29 is 4.74 Å². The molecule has 20 heavy (non-hydrogen) atoms. The van der Waals surface area contributed by atoms with Crippen molar-refractivity contribution >= 4 is 11.6 Å². The minimum absolute atomic E-state index is 0.375. The number of rotatable bonds is 5. The number of halogens is 1. The van der Waals surface area contributed by atoms with Crippen LogP contribution in [0.5, 0.6) is 5.75 Å². The van der Waals surface area contributed by atoms with Gasteiger partial charge in [-0.25, -0.2) is 0 Å². The van der Waals surface area contributed by atoms with Crippen LogP contribution < -0.4 is 10.1 Å². The van der Waals surface area contributed by atoms with Gasteiger partial charge in [-0.15, -0.1) is 0 Å². The van der Waals surface area contributed by atoms with Gasteiger partial charge in [0.1, 0.15) is 5.75 Å². The molecule has 1 saturated heterocycles. The fraction of sp³-hybridized carbons (Fsp3) is 0.625. The van der Waals surface area contributed by atoms with E-state index < -0.39 is 0 Å². The Balaban J connectivity index is 2.06. The van der Waals surface area contributed by atoms with Gasteiger partial charge in [0.2, 0.25) is 0 Å². The number of ether oxygens (including phenoxy) is 1. The summed E-state index contributed by atoms with van der Waals surface area (Å²) in [5, 5.41) is 4.21. The van der Waals surface area contributed by atoms with E-state index in [0.717, 1.165) is 55.5 Å². The van der Waals surface area contributed by atoms with E-state index in [9.17, 15) is 0 Å². The number of benzene rings is 1. The quantitative estimate of drug-likeness (QED) is 0.904. The number of hydrogen-bond donors (Lipinski definition) is 1. The zero-order valence-electron chi connectivity index (χ0n) is 12.7. The molecule has 3 nitrogen and oxygen atoms in total. The second-order valence-corrected chi connectivity index (χ2v) is 6.10. The normalized spacial score (nSPS) is 16.6. The summed E-state index contributed by atoms with van der Waals surface area (Å²) in [4.78, 5) is 2.49. The van der Waals surface area contributed by atoms with Gasteiger partial charge in [-0.2, -0.15) is 0 Å². The lowest BCUT2D eigenvalue weighted by molar-refractivity contribution is 0.244. The Morgan fingerprint density at radius 1 is 1.30 bits per heavy atom. The van der Waals surface area contributed by atoms with Crippen LogP contribution in [0, 0.1) is 0 Å². The average Bonchev–Trinajstić information content (AvgIpc) is 2.45. The van der Waals surface area contributed by atoms with Gasteiger partial charge in [-0.3, -0.25) is 0 Å². The van der Waals surface area contributed by atoms with Crippen LogP contribution in [0.25, 0.3) is 0 Å². The van der Waals surface area contributed by atoms with Gasteiger partial charge in [0.05, 0.1) is 7.11 Å². The number of hydrogen-bond acceptors (Lipinski definition) is 3. The highest BCUT2D eigenvalue weighted by Gasteiger charge is 2.15. The van der Waals surface area contributed by atoms with Crippen LogP contribution in [-0.4, -0.2) is 44.7 Å². The molecule has 2 rings (SSSR count). The van der Waals surface area contributed by atoms with Crippen LogP contribution in [-0.2, 0) is 6.42 Å². The summed E-state index contributed by atoms with van der Waals surface area (Å²) >= 11 is 6.43. The van der Waals surface area contributed by atoms with Crippen molar-refractivity contribution in [1.82, 2.24) is 10.2 Å². The molecule has 0 amide bonds. The van der Waals surface area contributed by atoms with E-state index in [1.807, 2.05) is 0 Å². The fourth-order valence-electron chi connectivity index (χ4n) is 2.74. The second-order valence-electron chi connectivity index (χ2n) is 5.69. The Kier molecular flexibility index (Phi) is 5.70. The first kappa shape index (κ1) is 15.6. The van der Waals surface area contributed by atoms with E-state index in [-0.39, 0.29) is 0 Å². The molecule has 0 spiro atoms. The van der Waals surface area contributed by atoms with Crippen LogP contribution >= 0.6 is 11.6 Å². The number of piperazine rings is 1. The lowest BCUT2D eigenvalue weighted by atomic mass is 9.99. The van der Waals surface area contributed by atoms with Gasteiger partial charge in [0.25, 0.3) is 0 Å². The average molecular weight is 297 g/mol. The molecular weight excluding hydrogens is 272 g/mol. The van der Waals surface area contributed by atoms with Gasteiger partial charge >= 0.3 is 0 Å². The third kappa shape index (κ3) is 3.87. The lowest BCUT2D eigenvalue weighted by Gasteiger charge is -2.27. The topological polar surface area (TPSA) is 24.5 Å². The molecule has 112 valence electrons. The second kappa shape index (κ2) is 7.30. The molecule has 1 aliphatic rings. The SMILES string of the molecule is COc1cc(CCN2CCNCC2)cc(Cl)c1C(C)C. The van der Waals surface area contributed by atoms with Crippen LogP contribution in [0.1, 0.15) is 30.9 Å². The van der Waals surface area contributed by atoms with Crippen molar-refractivity contribution in [2.75, 3.05) is 39.8 Å². The number of methoxy groups -OCH3 is 1. The summed E-state index contributed by atoms with van der Waals surface area (Å²) in [5.74, 6) is 1.29. The van der Waals surface area contributed by atoms with Crippen LogP contribution in [0.2, 0.25) is 5.02 Å². The molecular formula is C16H25ClN2O. The molecule has 0 atom stereocenters. The first-order chi connectivity index (χ1) is 9.61. The Morgan fingerprint density at radius 3 is 2.60 bits per heavy atom. The third-order valence-corrected chi connectivity index (χ3v) is 4.19. The molecule has 1 N–H and O–H groups in total. The zero-order valence-corrected chi connectivity index (χ0v) is 13.5. The first-order valence-corrected chi connectivity index (χ1v) is 7.79. The minimum Gasteiger partial charge on any atom is -0.496 e. The Labute approximate surface area is 127 Å². The van der Waals surface area contributed by atoms with Gasteiger partial charge in [-0.1, -0.05) is 25.4 Å². The maximum atomic E-state index is 6.43. The van der Waals surface area contributed by atoms with Crippen molar-refractivity contribution in [3.05, 3.63) is 28.3 Å². The molecule has 0 aliphatic carbocycles. The number of nitrogens with zero attached hydrogens (tertiary/aromatic N) is 1. The summed E-state index contributed by atoms with van der Waals surface area (Å²) < 4.78 is 5.51. The predicted molar refractivity (Wildman–Crippen MR) is 85.1 cm³/mol. The predicted octanol–water partition coefficient (Wildman–Crippen LogP) is 2.92. The highest BCUT2D eigenvalue weighted by Crippen LogP contribution is 2.34. The van der Waals surface area contributed by atoms with Gasteiger partial charge < -0.3 is 15.0 Å². The summed E-state index contributed by atoms with van der Waals surface area (Å²) in [6.07, 6.45) is 1.02. The monoisotopic (exact) mass is 296 g/mol. The Hall–Kier alpha value is -0.770. The summed E-state index contributed by atoms with van der Waals surface area (Å²) in [6.45, 7) is 9.83. The standard InChI is InChI=1S/C16H25ClN2O/c1-12(2)16-14(17)10-13(11-15(16)20-3)4-7-19-8-5-18-6-9-19/h10-12,18H,4-9H2,1-3H3. The fourth-order valence-corrected chi connectivity index (χ4v) is 3.19. The van der Waals surface area contributed by atoms with Crippen molar-refractivity contribution in [3.8, 4) is 5.75 Å². The highest BCUT2D eigenvalue weighted by molar-refractivity contribution is 6.31. The van der Waals surface area contributed by atoms with E-state index in [0.29, 0.717) is 5.92 Å². The molecule has 1 fully saturated rings. The van der Waals surface area contributed by atoms with E-state index in [1.165, 1.54) is 5.56 Å². The molecule has 0 radical (unpaired) electrons. The molecule has 1 aromatic carbocycles. The molecule has 1 aliphatic heterocycles. The smallest absolute Gasteiger partial charge is 0.124 e. The van der Waals surface area contributed by atoms with Gasteiger partial charge in [-0.05, 0) is 30.0 Å². The molecule has 0 saturated carbocycles. The lowest BCUT2D eigenvalue weighted by Crippen LogP contribution is -2.44. The maximum absolute atomic E-state index is 6.43. The third-order valence-electron chi connectivity index (χ3n) is 3.87. The summed E-state index contributed by atoms with van der Waals surface area (Å²) in [5.41, 5.74) is 2.37. The van der Waals surface area contributed by atoms with E-state index in [1.54, 1.807) is 7.11 Å². The van der Waals surface area contributed by atoms with E-state index in [2.05, 4.69) is 36.2 Å². The van der Waals surface area contributed by atoms with Gasteiger partial charge in [0.15, 0.2) is 0 Å². The maximum Gasteiger partial charge on any atom is 0.124 e. The van der Waals surface area contributed by atoms with Crippen molar-refractivity contribution in [3.63, 3.8) is 0 Å². The van der Waals surface area contributed by atoms with Crippen molar-refractivity contribution in [2.45, 2.75) is 26.2 Å². The minimum atomic E-state index is 0.375. The van der Waals surface area contributed by atoms with Crippen LogP contribution in [0.4, 0.5) is 0 Å². The molecule has 1 heterocycles. The first-order valence-electron chi connectivity index (χ1n) is 7.41. The van der Waals surface area contributed by atoms with Crippen molar-refractivity contribution in [1.29, 1.82) is 0 Å². The van der Waals surface area contributed by atoms with Crippen LogP contribution in [0.3, 0.4) is 0 Å². The molecule has 1 aromatic rings. The zero-order chi connectivity index (χ0) is 14.5. The summed E-state index contributed by atoms with van der Waals surface area (Å²) in [7, 11) is 1.72. The summed E-state index contributed by atoms with van der Waals surface area (Å²) in [6, 6.07) is 4.24. The van der Waals surface area contributed by atoms with E-state index in [4.69, 9.17) is 16.3 Å². The molecule has 0 aromatic heterocycles. The van der Waals surface area contributed by atoms with Crippen LogP contribution in [0.15, 0.2) is 12.1 Å². The molecule has 4 heteroatoms. The highest BCUT2D eigenvalue weighted by atomic mass is 35.5. The number of nitrogens with one attached hydrogen (secondary N) is 1. The Bertz CT molecular complexity index is 442. The Morgan fingerprint density at radius 2 is 2.00 bits per heavy atom. The van der Waals surface area contributed by atoms with Gasteiger partial charge in [0, 0.05) is 43.3 Å². The van der Waals surface area contributed by atoms with E-state index >= 15 is 0 Å². The van der Waals surface area contributed by atoms with Crippen molar-refractivity contribution in [2.24, 2.45) is 0 Å².